The molecule has 21 heavy (non-hydrogen) atoms. The number of unbranched alkanes of at least 4 members (excludes halogenated alkanes) is 1. The molecule has 1 atom stereocenters. The highest BCUT2D eigenvalue weighted by Gasteiger charge is 2.26. The second-order valence-corrected chi connectivity index (χ2v) is 6.42. The number of hydrogen-bond acceptors (Lipinski definition) is 1. The highest BCUT2D eigenvalue weighted by atomic mass is 127. The zero-order chi connectivity index (χ0) is 14.7. The van der Waals surface area contributed by atoms with Crippen molar-refractivity contribution < 1.29 is 4.74 Å². The van der Waals surface area contributed by atoms with Crippen LogP contribution in [-0.4, -0.2) is 0 Å². The number of benzene rings is 2. The van der Waals surface area contributed by atoms with E-state index < -0.39 is 0 Å². The predicted molar refractivity (Wildman–Crippen MR) is 97.1 cm³/mol. The lowest BCUT2D eigenvalue weighted by Gasteiger charge is -2.29. The van der Waals surface area contributed by atoms with Gasteiger partial charge in [-0.15, -0.1) is 0 Å². The average Bonchev–Trinajstić information content (AvgIpc) is 2.55. The van der Waals surface area contributed by atoms with E-state index in [9.17, 15) is 0 Å². The molecule has 0 aliphatic carbocycles. The minimum absolute atomic E-state index is 0.176. The number of hydrogen-bond donors (Lipinski definition) is 0. The minimum Gasteiger partial charge on any atom is -0.484 e. The minimum atomic E-state index is 0.176. The zero-order valence-electron chi connectivity index (χ0n) is 12.2. The fraction of sp³-hybridized carbons (Fsp3) is 0.263. The third-order valence-electron chi connectivity index (χ3n) is 3.86. The number of ether oxygens (including phenoxy) is 1. The fourth-order valence-corrected chi connectivity index (χ4v) is 3.68. The van der Waals surface area contributed by atoms with Crippen LogP contribution in [0.1, 0.15) is 49.0 Å². The molecular weight excluding hydrogens is 371 g/mol. The van der Waals surface area contributed by atoms with Gasteiger partial charge in [0, 0.05) is 11.1 Å². The lowest BCUT2D eigenvalue weighted by molar-refractivity contribution is 0.154. The third-order valence-corrected chi connectivity index (χ3v) is 4.93. The van der Waals surface area contributed by atoms with Crippen LogP contribution in [-0.2, 0) is 4.74 Å². The summed E-state index contributed by atoms with van der Waals surface area (Å²) in [4.78, 5) is 0. The average molecular weight is 390 g/mol. The Bertz CT molecular complexity index is 646. The molecule has 1 unspecified atom stereocenters. The van der Waals surface area contributed by atoms with Crippen LogP contribution in [0.25, 0.3) is 9.34 Å². The van der Waals surface area contributed by atoms with Crippen molar-refractivity contribution in [3.05, 3.63) is 71.3 Å². The first kappa shape index (κ1) is 14.6. The Morgan fingerprint density at radius 1 is 1.00 bits per heavy atom. The summed E-state index contributed by atoms with van der Waals surface area (Å²) in [6.45, 7) is 2.23. The maximum absolute atomic E-state index is 6.39. The van der Waals surface area contributed by atoms with Crippen molar-refractivity contribution in [3.8, 4) is 0 Å². The number of fused-ring (bicyclic) bond motifs is 1. The zero-order valence-corrected chi connectivity index (χ0v) is 14.3. The van der Waals surface area contributed by atoms with E-state index in [0.717, 1.165) is 17.7 Å². The standard InChI is InChI=1S/C19H19IO/c1-2-3-13-17-15-11-7-8-12-16(15)18(20)19(21-17)14-9-5-4-6-10-14/h4-12,17H,2-3,13H2,1H3. The second kappa shape index (κ2) is 6.65. The van der Waals surface area contributed by atoms with E-state index in [4.69, 9.17) is 4.74 Å². The van der Waals surface area contributed by atoms with Gasteiger partial charge in [0.15, 0.2) is 0 Å². The summed E-state index contributed by atoms with van der Waals surface area (Å²) >= 11 is 2.42. The van der Waals surface area contributed by atoms with Gasteiger partial charge in [0.05, 0.1) is 3.58 Å². The van der Waals surface area contributed by atoms with Crippen LogP contribution >= 0.6 is 22.6 Å². The molecule has 0 saturated heterocycles. The summed E-state index contributed by atoms with van der Waals surface area (Å²) in [7, 11) is 0. The van der Waals surface area contributed by atoms with E-state index in [0.29, 0.717) is 0 Å². The third kappa shape index (κ3) is 3.00. The Morgan fingerprint density at radius 2 is 1.71 bits per heavy atom. The Hall–Kier alpha value is -1.29. The highest BCUT2D eigenvalue weighted by Crippen LogP contribution is 2.45. The summed E-state index contributed by atoms with van der Waals surface area (Å²) in [5, 5.41) is 0. The maximum atomic E-state index is 6.39. The molecule has 2 aromatic carbocycles. The second-order valence-electron chi connectivity index (χ2n) is 5.35. The van der Waals surface area contributed by atoms with Gasteiger partial charge in [-0.3, -0.25) is 0 Å². The van der Waals surface area contributed by atoms with E-state index in [1.54, 1.807) is 0 Å². The molecule has 1 aliphatic rings. The SMILES string of the molecule is CCCCC1OC(c2ccccc2)=C(I)c2ccccc21. The van der Waals surface area contributed by atoms with E-state index in [1.165, 1.54) is 27.5 Å². The molecule has 0 radical (unpaired) electrons. The molecule has 2 heteroatoms. The molecule has 2 aromatic rings. The molecule has 0 N–H and O–H groups in total. The molecule has 0 bridgehead atoms. The van der Waals surface area contributed by atoms with Crippen molar-refractivity contribution in [3.63, 3.8) is 0 Å². The quantitative estimate of drug-likeness (QED) is 0.564. The van der Waals surface area contributed by atoms with E-state index >= 15 is 0 Å². The molecule has 108 valence electrons. The summed E-state index contributed by atoms with van der Waals surface area (Å²) in [6.07, 6.45) is 3.64. The Kier molecular flexibility index (Phi) is 4.63. The molecule has 0 amide bonds. The first-order chi connectivity index (χ1) is 10.3. The predicted octanol–water partition coefficient (Wildman–Crippen LogP) is 6.21. The largest absolute Gasteiger partial charge is 0.484 e. The molecular formula is C19H19IO. The van der Waals surface area contributed by atoms with Crippen molar-refractivity contribution in [2.45, 2.75) is 32.3 Å². The lowest BCUT2D eigenvalue weighted by atomic mass is 9.94. The van der Waals surface area contributed by atoms with Crippen molar-refractivity contribution in [2.24, 2.45) is 0 Å². The van der Waals surface area contributed by atoms with Crippen molar-refractivity contribution in [1.82, 2.24) is 0 Å². The first-order valence-electron chi connectivity index (χ1n) is 7.52. The molecule has 1 aliphatic heterocycles. The molecule has 1 nitrogen and oxygen atoms in total. The van der Waals surface area contributed by atoms with Crippen LogP contribution in [0.15, 0.2) is 54.6 Å². The van der Waals surface area contributed by atoms with Crippen LogP contribution in [0, 0.1) is 0 Å². The van der Waals surface area contributed by atoms with E-state index in [-0.39, 0.29) is 6.10 Å². The summed E-state index contributed by atoms with van der Waals surface area (Å²) in [5.74, 6) is 1.02. The lowest BCUT2D eigenvalue weighted by Crippen LogP contribution is -2.12. The normalized spacial score (nSPS) is 17.3. The van der Waals surface area contributed by atoms with Crippen LogP contribution in [0.5, 0.6) is 0 Å². The summed E-state index contributed by atoms with van der Waals surface area (Å²) in [6, 6.07) is 19.1. The number of halogens is 1. The van der Waals surface area contributed by atoms with Gasteiger partial charge in [-0.2, -0.15) is 0 Å². The van der Waals surface area contributed by atoms with Gasteiger partial charge in [-0.05, 0) is 41.0 Å². The summed E-state index contributed by atoms with van der Waals surface area (Å²) in [5.41, 5.74) is 3.82. The maximum Gasteiger partial charge on any atom is 0.141 e. The highest BCUT2D eigenvalue weighted by molar-refractivity contribution is 14.1. The molecule has 0 fully saturated rings. The van der Waals surface area contributed by atoms with Crippen LogP contribution in [0.4, 0.5) is 0 Å². The van der Waals surface area contributed by atoms with E-state index in [1.807, 2.05) is 6.07 Å². The molecule has 0 spiro atoms. The van der Waals surface area contributed by atoms with Crippen molar-refractivity contribution >= 4 is 31.9 Å². The number of rotatable bonds is 4. The summed E-state index contributed by atoms with van der Waals surface area (Å²) < 4.78 is 7.60. The smallest absolute Gasteiger partial charge is 0.141 e. The molecule has 1 heterocycles. The van der Waals surface area contributed by atoms with Gasteiger partial charge in [0.1, 0.15) is 11.9 Å². The van der Waals surface area contributed by atoms with E-state index in [2.05, 4.69) is 78.0 Å². The van der Waals surface area contributed by atoms with Crippen molar-refractivity contribution in [2.75, 3.05) is 0 Å². The Balaban J connectivity index is 2.05. The monoisotopic (exact) mass is 390 g/mol. The van der Waals surface area contributed by atoms with Crippen LogP contribution in [0.3, 0.4) is 0 Å². The van der Waals surface area contributed by atoms with Gasteiger partial charge < -0.3 is 4.74 Å². The first-order valence-corrected chi connectivity index (χ1v) is 8.60. The van der Waals surface area contributed by atoms with Gasteiger partial charge in [-0.25, -0.2) is 0 Å². The molecule has 3 rings (SSSR count). The Labute approximate surface area is 140 Å². The molecule has 0 saturated carbocycles. The van der Waals surface area contributed by atoms with Gasteiger partial charge in [0.2, 0.25) is 0 Å². The topological polar surface area (TPSA) is 9.23 Å². The van der Waals surface area contributed by atoms with Gasteiger partial charge in [-0.1, -0.05) is 67.9 Å². The Morgan fingerprint density at radius 3 is 2.48 bits per heavy atom. The van der Waals surface area contributed by atoms with Gasteiger partial charge in [0.25, 0.3) is 0 Å². The van der Waals surface area contributed by atoms with Gasteiger partial charge >= 0.3 is 0 Å². The van der Waals surface area contributed by atoms with Crippen LogP contribution < -0.4 is 0 Å². The van der Waals surface area contributed by atoms with Crippen molar-refractivity contribution in [1.29, 1.82) is 0 Å². The van der Waals surface area contributed by atoms with Crippen LogP contribution in [0.2, 0.25) is 0 Å². The molecule has 0 aromatic heterocycles. The fourth-order valence-electron chi connectivity index (χ4n) is 2.75.